The molecule has 2 aromatic heterocycles. The molecule has 40 heavy (non-hydrogen) atoms. The number of hydrogen-bond donors (Lipinski definition) is 4. The number of carbonyl (C=O) groups is 2. The number of aromatic amines is 1. The maximum atomic E-state index is 14.0. The number of nitrogens with zero attached hydrogens (tertiary/aromatic N) is 4. The van der Waals surface area contributed by atoms with Crippen LogP contribution in [0.25, 0.3) is 11.3 Å². The van der Waals surface area contributed by atoms with Crippen LogP contribution in [0.1, 0.15) is 34.5 Å². The summed E-state index contributed by atoms with van der Waals surface area (Å²) in [5.41, 5.74) is 3.20. The van der Waals surface area contributed by atoms with E-state index in [9.17, 15) is 19.1 Å². The van der Waals surface area contributed by atoms with Crippen LogP contribution in [0.15, 0.2) is 55.0 Å². The minimum atomic E-state index is -0.893. The molecule has 1 aliphatic rings. The van der Waals surface area contributed by atoms with E-state index in [0.717, 1.165) is 5.56 Å². The lowest BCUT2D eigenvalue weighted by molar-refractivity contribution is -0.126. The number of aliphatic hydroxyl groups is 1. The average Bonchev–Trinajstić information content (AvgIpc) is 3.59. The van der Waals surface area contributed by atoms with Gasteiger partial charge in [-0.05, 0) is 36.2 Å². The van der Waals surface area contributed by atoms with Crippen molar-refractivity contribution in [3.8, 4) is 17.0 Å². The summed E-state index contributed by atoms with van der Waals surface area (Å²) < 4.78 is 19.1. The fraction of sp³-hybridized carbons (Fsp3) is 0.222. The molecule has 5 rings (SSSR count). The molecule has 2 aromatic carbocycles. The Morgan fingerprint density at radius 3 is 2.83 bits per heavy atom. The summed E-state index contributed by atoms with van der Waals surface area (Å²) in [6, 6.07) is 7.45. The first-order chi connectivity index (χ1) is 19.3. The highest BCUT2D eigenvalue weighted by molar-refractivity contribution is 6.33. The van der Waals surface area contributed by atoms with Gasteiger partial charge in [-0.3, -0.25) is 14.7 Å². The third kappa shape index (κ3) is 5.44. The van der Waals surface area contributed by atoms with Crippen molar-refractivity contribution in [2.45, 2.75) is 25.6 Å². The molecular formula is C27H25ClFN7O4. The van der Waals surface area contributed by atoms with E-state index in [1.54, 1.807) is 37.5 Å². The molecule has 0 saturated heterocycles. The van der Waals surface area contributed by atoms with E-state index in [-0.39, 0.29) is 18.2 Å². The van der Waals surface area contributed by atoms with E-state index in [0.29, 0.717) is 39.0 Å². The van der Waals surface area contributed by atoms with Crippen molar-refractivity contribution in [1.29, 1.82) is 0 Å². The van der Waals surface area contributed by atoms with Gasteiger partial charge in [0.05, 0.1) is 48.6 Å². The predicted octanol–water partition coefficient (Wildman–Crippen LogP) is 3.61. The number of hydrogen-bond acceptors (Lipinski definition) is 8. The minimum absolute atomic E-state index is 0.214. The van der Waals surface area contributed by atoms with Crippen molar-refractivity contribution < 1.29 is 23.8 Å². The Morgan fingerprint density at radius 1 is 1.27 bits per heavy atom. The molecule has 1 aliphatic heterocycles. The smallest absolute Gasteiger partial charge is 0.255 e. The van der Waals surface area contributed by atoms with Gasteiger partial charge >= 0.3 is 0 Å². The number of amides is 2. The molecule has 2 atom stereocenters. The Kier molecular flexibility index (Phi) is 7.63. The van der Waals surface area contributed by atoms with Gasteiger partial charge in [0, 0.05) is 29.9 Å². The highest BCUT2D eigenvalue weighted by atomic mass is 35.5. The van der Waals surface area contributed by atoms with Crippen molar-refractivity contribution in [3.63, 3.8) is 0 Å². The minimum Gasteiger partial charge on any atom is -0.497 e. The van der Waals surface area contributed by atoms with Crippen molar-refractivity contribution in [2.24, 2.45) is 0 Å². The van der Waals surface area contributed by atoms with E-state index < -0.39 is 30.4 Å². The number of halogens is 2. The number of nitrogens with one attached hydrogen (secondary N) is 3. The molecule has 2 amide bonds. The van der Waals surface area contributed by atoms with Gasteiger partial charge < -0.3 is 25.4 Å². The van der Waals surface area contributed by atoms with Crippen LogP contribution in [-0.4, -0.2) is 61.7 Å². The first-order valence-electron chi connectivity index (χ1n) is 12.3. The molecule has 4 aromatic rings. The second kappa shape index (κ2) is 11.3. The SMILES string of the molecule is COc1cc(F)cc([C@@H](CO)NC(=O)[C@@H](C)N2Cc3ccc(-c4nc(Nc5cn[nH]c5)ncc4Cl)cc3C2=O)c1. The van der Waals surface area contributed by atoms with E-state index >= 15 is 0 Å². The zero-order valence-electron chi connectivity index (χ0n) is 21.5. The summed E-state index contributed by atoms with van der Waals surface area (Å²) >= 11 is 6.39. The van der Waals surface area contributed by atoms with Crippen LogP contribution in [0.5, 0.6) is 5.75 Å². The van der Waals surface area contributed by atoms with Crippen molar-refractivity contribution in [2.75, 3.05) is 19.0 Å². The van der Waals surface area contributed by atoms with Crippen molar-refractivity contribution in [3.05, 3.63) is 82.5 Å². The first-order valence-corrected chi connectivity index (χ1v) is 12.6. The van der Waals surface area contributed by atoms with Crippen LogP contribution in [0.2, 0.25) is 5.02 Å². The molecule has 11 nitrogen and oxygen atoms in total. The summed E-state index contributed by atoms with van der Waals surface area (Å²) in [5.74, 6) is -0.852. The van der Waals surface area contributed by atoms with Gasteiger partial charge in [0.25, 0.3) is 5.91 Å². The zero-order chi connectivity index (χ0) is 28.4. The number of rotatable bonds is 9. The van der Waals surface area contributed by atoms with Gasteiger partial charge in [0.1, 0.15) is 17.6 Å². The van der Waals surface area contributed by atoms with Crippen LogP contribution in [-0.2, 0) is 11.3 Å². The molecule has 0 unspecified atom stereocenters. The molecule has 206 valence electrons. The topological polar surface area (TPSA) is 145 Å². The Hall–Kier alpha value is -4.55. The largest absolute Gasteiger partial charge is 0.497 e. The maximum Gasteiger partial charge on any atom is 0.255 e. The second-order valence-corrected chi connectivity index (χ2v) is 9.56. The van der Waals surface area contributed by atoms with Gasteiger partial charge in [-0.2, -0.15) is 5.10 Å². The lowest BCUT2D eigenvalue weighted by Gasteiger charge is -2.26. The quantitative estimate of drug-likeness (QED) is 0.241. The summed E-state index contributed by atoms with van der Waals surface area (Å²) in [4.78, 5) is 36.6. The van der Waals surface area contributed by atoms with Gasteiger partial charge in [-0.25, -0.2) is 14.4 Å². The van der Waals surface area contributed by atoms with Gasteiger partial charge in [-0.15, -0.1) is 0 Å². The lowest BCUT2D eigenvalue weighted by atomic mass is 10.0. The fourth-order valence-electron chi connectivity index (χ4n) is 4.43. The van der Waals surface area contributed by atoms with Crippen LogP contribution in [0.3, 0.4) is 0 Å². The predicted molar refractivity (Wildman–Crippen MR) is 145 cm³/mol. The third-order valence-electron chi connectivity index (χ3n) is 6.59. The molecule has 0 aliphatic carbocycles. The number of ether oxygens (including phenoxy) is 1. The third-order valence-corrected chi connectivity index (χ3v) is 6.87. The standard InChI is InChI=1S/C27H25ClFN7O4/c1-14(25(38)34-23(13-37)17-5-18(29)8-20(6-17)40-2)36-12-16-4-3-15(7-21(16)26(36)39)24-22(28)11-30-27(35-24)33-19-9-31-32-10-19/h3-11,14,23,37H,12-13H2,1-2H3,(H,31,32)(H,34,38)(H,30,33,35)/t14-,23-/m1/s1. The summed E-state index contributed by atoms with van der Waals surface area (Å²) in [7, 11) is 1.39. The van der Waals surface area contributed by atoms with Gasteiger partial charge in [-0.1, -0.05) is 23.7 Å². The van der Waals surface area contributed by atoms with Gasteiger partial charge in [0.2, 0.25) is 11.9 Å². The number of aromatic nitrogens is 4. The van der Waals surface area contributed by atoms with Crippen LogP contribution >= 0.6 is 11.6 Å². The summed E-state index contributed by atoms with van der Waals surface area (Å²) in [6.07, 6.45) is 4.69. The van der Waals surface area contributed by atoms with Crippen LogP contribution in [0.4, 0.5) is 16.0 Å². The van der Waals surface area contributed by atoms with E-state index in [1.807, 2.05) is 0 Å². The van der Waals surface area contributed by atoms with E-state index in [1.165, 1.54) is 36.4 Å². The fourth-order valence-corrected chi connectivity index (χ4v) is 4.63. The number of H-pyrrole nitrogens is 1. The maximum absolute atomic E-state index is 14.0. The zero-order valence-corrected chi connectivity index (χ0v) is 22.2. The molecule has 0 spiro atoms. The molecule has 13 heteroatoms. The second-order valence-electron chi connectivity index (χ2n) is 9.15. The number of benzene rings is 2. The van der Waals surface area contributed by atoms with E-state index in [4.69, 9.17) is 16.3 Å². The molecule has 4 N–H and O–H groups in total. The Bertz CT molecular complexity index is 1570. The Balaban J connectivity index is 1.33. The number of aliphatic hydroxyl groups excluding tert-OH is 1. The van der Waals surface area contributed by atoms with Crippen LogP contribution in [0, 0.1) is 5.82 Å². The monoisotopic (exact) mass is 565 g/mol. The first kappa shape index (κ1) is 27.0. The molecule has 0 saturated carbocycles. The highest BCUT2D eigenvalue weighted by Crippen LogP contribution is 2.32. The molecule has 0 bridgehead atoms. The summed E-state index contributed by atoms with van der Waals surface area (Å²) in [6.45, 7) is 1.33. The van der Waals surface area contributed by atoms with Crippen molar-refractivity contribution in [1.82, 2.24) is 30.4 Å². The summed E-state index contributed by atoms with van der Waals surface area (Å²) in [5, 5.41) is 22.5. The number of anilines is 2. The Labute approximate surface area is 233 Å². The molecular weight excluding hydrogens is 541 g/mol. The molecule has 0 fully saturated rings. The van der Waals surface area contributed by atoms with Crippen LogP contribution < -0.4 is 15.4 Å². The molecule has 3 heterocycles. The van der Waals surface area contributed by atoms with Gasteiger partial charge in [0.15, 0.2) is 0 Å². The number of methoxy groups -OCH3 is 1. The average molecular weight is 566 g/mol. The van der Waals surface area contributed by atoms with Crippen molar-refractivity contribution >= 4 is 35.1 Å². The normalized spacial score (nSPS) is 14.0. The van der Waals surface area contributed by atoms with E-state index in [2.05, 4.69) is 30.8 Å². The number of fused-ring (bicyclic) bond motifs is 1. The number of carbonyl (C=O) groups excluding carboxylic acids is 2. The lowest BCUT2D eigenvalue weighted by Crippen LogP contribution is -2.46. The highest BCUT2D eigenvalue weighted by Gasteiger charge is 2.35. The Morgan fingerprint density at radius 2 is 2.10 bits per heavy atom. The molecule has 0 radical (unpaired) electrons.